The number of fused-ring (bicyclic) bond motifs is 2. The summed E-state index contributed by atoms with van der Waals surface area (Å²) in [5.74, 6) is 0.335. The third kappa shape index (κ3) is 3.17. The van der Waals surface area contributed by atoms with Crippen LogP contribution in [0.25, 0.3) is 32.2 Å². The van der Waals surface area contributed by atoms with Crippen molar-refractivity contribution in [3.63, 3.8) is 0 Å². The van der Waals surface area contributed by atoms with Crippen molar-refractivity contribution in [3.8, 4) is 17.0 Å². The van der Waals surface area contributed by atoms with Gasteiger partial charge in [-0.25, -0.2) is 9.97 Å². The van der Waals surface area contributed by atoms with Gasteiger partial charge in [0.2, 0.25) is 11.7 Å². The number of carbonyl (C=O) groups excluding carboxylic acids is 1. The minimum absolute atomic E-state index is 0.0862. The number of ether oxygens (including phenoxy) is 1. The van der Waals surface area contributed by atoms with E-state index in [1.165, 1.54) is 23.2 Å². The van der Waals surface area contributed by atoms with Crippen molar-refractivity contribution in [1.82, 2.24) is 15.0 Å². The van der Waals surface area contributed by atoms with Crippen LogP contribution in [0.2, 0.25) is 0 Å². The van der Waals surface area contributed by atoms with Crippen molar-refractivity contribution in [1.29, 1.82) is 0 Å². The number of aromatic amines is 1. The van der Waals surface area contributed by atoms with Crippen LogP contribution in [0.1, 0.15) is 15.9 Å². The highest BCUT2D eigenvalue weighted by Gasteiger charge is 2.17. The monoisotopic (exact) mass is 399 g/mol. The van der Waals surface area contributed by atoms with Gasteiger partial charge in [-0.2, -0.15) is 0 Å². The van der Waals surface area contributed by atoms with Gasteiger partial charge in [0.15, 0.2) is 6.61 Å². The number of hydrogen-bond donors (Lipinski definition) is 1. The molecule has 3 aromatic heterocycles. The van der Waals surface area contributed by atoms with Crippen molar-refractivity contribution in [2.75, 3.05) is 6.61 Å². The largest absolute Gasteiger partial charge is 0.469 e. The topological polar surface area (TPSA) is 67.9 Å². The van der Waals surface area contributed by atoms with E-state index in [0.717, 1.165) is 32.2 Å². The Kier molecular flexibility index (Phi) is 4.33. The number of carbonyl (C=O) groups is 1. The van der Waals surface area contributed by atoms with Gasteiger partial charge < -0.3 is 9.72 Å². The van der Waals surface area contributed by atoms with Crippen LogP contribution in [0.15, 0.2) is 66.4 Å². The molecule has 1 N–H and O–H groups in total. The molecule has 29 heavy (non-hydrogen) atoms. The number of nitrogens with one attached hydrogen (secondary N) is 1. The first-order valence-corrected chi connectivity index (χ1v) is 10.1. The first kappa shape index (κ1) is 17.6. The first-order chi connectivity index (χ1) is 14.2. The second kappa shape index (κ2) is 7.14. The maximum Gasteiger partial charge on any atom is 0.226 e. The summed E-state index contributed by atoms with van der Waals surface area (Å²) in [5, 5.41) is 3.79. The van der Waals surface area contributed by atoms with Crippen LogP contribution >= 0.6 is 11.3 Å². The van der Waals surface area contributed by atoms with Crippen molar-refractivity contribution in [3.05, 3.63) is 77.6 Å². The van der Waals surface area contributed by atoms with Gasteiger partial charge in [-0.1, -0.05) is 48.0 Å². The first-order valence-electron chi connectivity index (χ1n) is 9.22. The van der Waals surface area contributed by atoms with Crippen molar-refractivity contribution >= 4 is 38.2 Å². The molecule has 0 aliphatic rings. The molecule has 5 rings (SSSR count). The minimum atomic E-state index is -0.0960. The lowest BCUT2D eigenvalue weighted by Gasteiger charge is -2.07. The van der Waals surface area contributed by atoms with Crippen LogP contribution in [-0.2, 0) is 0 Å². The summed E-state index contributed by atoms with van der Waals surface area (Å²) in [5.41, 5.74) is 4.84. The number of aromatic nitrogens is 3. The molecule has 0 radical (unpaired) electrons. The van der Waals surface area contributed by atoms with E-state index in [1.54, 1.807) is 6.20 Å². The van der Waals surface area contributed by atoms with Crippen molar-refractivity contribution in [2.45, 2.75) is 6.92 Å². The zero-order valence-corrected chi connectivity index (χ0v) is 16.5. The Labute approximate surface area is 171 Å². The molecule has 0 spiro atoms. The molecule has 142 valence electrons. The van der Waals surface area contributed by atoms with E-state index in [1.807, 2.05) is 24.3 Å². The van der Waals surface area contributed by atoms with Crippen LogP contribution in [0.5, 0.6) is 5.88 Å². The summed E-state index contributed by atoms with van der Waals surface area (Å²) in [6, 6.07) is 16.0. The molecule has 5 aromatic rings. The van der Waals surface area contributed by atoms with E-state index in [9.17, 15) is 4.79 Å². The third-order valence-corrected chi connectivity index (χ3v) is 5.81. The number of rotatable bonds is 5. The Balaban J connectivity index is 1.47. The number of hydrogen-bond acceptors (Lipinski definition) is 5. The molecule has 0 bridgehead atoms. The summed E-state index contributed by atoms with van der Waals surface area (Å²) in [6.07, 6.45) is 3.21. The molecule has 0 atom stereocenters. The molecular weight excluding hydrogens is 382 g/mol. The fourth-order valence-electron chi connectivity index (χ4n) is 3.42. The number of benzene rings is 2. The molecule has 3 heterocycles. The lowest BCUT2D eigenvalue weighted by molar-refractivity contribution is 0.0921. The lowest BCUT2D eigenvalue weighted by Crippen LogP contribution is -2.12. The fourth-order valence-corrected chi connectivity index (χ4v) is 4.32. The molecule has 0 amide bonds. The standard InChI is InChI=1S/C23H17N3O2S/c1-14-6-8-15(9-7-14)18-12-29-23-21(18)22(25-13-26-23)28-11-20(27)17-10-24-19-5-3-2-4-16(17)19/h2-10,12-13,24H,11H2,1H3. The molecule has 6 heteroatoms. The Morgan fingerprint density at radius 1 is 1.10 bits per heavy atom. The SMILES string of the molecule is Cc1ccc(-c2csc3ncnc(OCC(=O)c4c[nH]c5ccccc45)c23)cc1. The Morgan fingerprint density at radius 3 is 2.79 bits per heavy atom. The van der Waals surface area contributed by atoms with E-state index in [0.29, 0.717) is 11.4 Å². The van der Waals surface area contributed by atoms with E-state index in [-0.39, 0.29) is 12.4 Å². The van der Waals surface area contributed by atoms with Gasteiger partial charge in [-0.05, 0) is 18.6 Å². The number of para-hydroxylation sites is 1. The van der Waals surface area contributed by atoms with Gasteiger partial charge in [-0.15, -0.1) is 11.3 Å². The number of ketones is 1. The van der Waals surface area contributed by atoms with Gasteiger partial charge in [0.25, 0.3) is 0 Å². The van der Waals surface area contributed by atoms with E-state index in [2.05, 4.69) is 51.5 Å². The van der Waals surface area contributed by atoms with E-state index in [4.69, 9.17) is 4.74 Å². The maximum atomic E-state index is 12.8. The predicted molar refractivity (Wildman–Crippen MR) is 116 cm³/mol. The van der Waals surface area contributed by atoms with Gasteiger partial charge in [-0.3, -0.25) is 4.79 Å². The highest BCUT2D eigenvalue weighted by molar-refractivity contribution is 7.17. The highest BCUT2D eigenvalue weighted by Crippen LogP contribution is 2.37. The van der Waals surface area contributed by atoms with Crippen LogP contribution < -0.4 is 4.74 Å². The van der Waals surface area contributed by atoms with Crippen LogP contribution in [0.3, 0.4) is 0 Å². The maximum absolute atomic E-state index is 12.8. The molecule has 2 aromatic carbocycles. The Morgan fingerprint density at radius 2 is 1.93 bits per heavy atom. The Bertz CT molecular complexity index is 1340. The van der Waals surface area contributed by atoms with Gasteiger partial charge in [0.1, 0.15) is 11.2 Å². The summed E-state index contributed by atoms with van der Waals surface area (Å²) in [6.45, 7) is 1.97. The summed E-state index contributed by atoms with van der Waals surface area (Å²) >= 11 is 1.54. The minimum Gasteiger partial charge on any atom is -0.469 e. The van der Waals surface area contributed by atoms with Crippen molar-refractivity contribution in [2.24, 2.45) is 0 Å². The smallest absolute Gasteiger partial charge is 0.226 e. The molecule has 0 aliphatic carbocycles. The van der Waals surface area contributed by atoms with Gasteiger partial charge in [0.05, 0.1) is 5.39 Å². The molecular formula is C23H17N3O2S. The van der Waals surface area contributed by atoms with Crippen LogP contribution in [0, 0.1) is 6.92 Å². The van der Waals surface area contributed by atoms with Crippen LogP contribution in [0.4, 0.5) is 0 Å². The Hall–Kier alpha value is -3.51. The van der Waals surface area contributed by atoms with Crippen LogP contribution in [-0.4, -0.2) is 27.3 Å². The molecule has 0 unspecified atom stereocenters. The number of H-pyrrole nitrogens is 1. The lowest BCUT2D eigenvalue weighted by atomic mass is 10.0. The fraction of sp³-hybridized carbons (Fsp3) is 0.0870. The second-order valence-corrected chi connectivity index (χ2v) is 7.69. The second-order valence-electron chi connectivity index (χ2n) is 6.83. The number of nitrogens with zero attached hydrogens (tertiary/aromatic N) is 2. The third-order valence-electron chi connectivity index (χ3n) is 4.93. The molecule has 0 saturated heterocycles. The predicted octanol–water partition coefficient (Wildman–Crippen LogP) is 5.41. The van der Waals surface area contributed by atoms with Gasteiger partial charge in [0, 0.05) is 33.6 Å². The number of aryl methyl sites for hydroxylation is 1. The normalized spacial score (nSPS) is 11.2. The molecule has 0 saturated carbocycles. The van der Waals surface area contributed by atoms with E-state index < -0.39 is 0 Å². The van der Waals surface area contributed by atoms with Gasteiger partial charge >= 0.3 is 0 Å². The summed E-state index contributed by atoms with van der Waals surface area (Å²) < 4.78 is 5.89. The molecule has 5 nitrogen and oxygen atoms in total. The number of thiophene rings is 1. The molecule has 0 fully saturated rings. The zero-order chi connectivity index (χ0) is 19.8. The average Bonchev–Trinajstić information content (AvgIpc) is 3.37. The van der Waals surface area contributed by atoms with Crippen molar-refractivity contribution < 1.29 is 9.53 Å². The highest BCUT2D eigenvalue weighted by atomic mass is 32.1. The van der Waals surface area contributed by atoms with E-state index >= 15 is 0 Å². The number of Topliss-reactive ketones (excluding diaryl/α,β-unsaturated/α-hetero) is 1. The summed E-state index contributed by atoms with van der Waals surface area (Å²) in [7, 11) is 0. The molecule has 0 aliphatic heterocycles. The quantitative estimate of drug-likeness (QED) is 0.401. The zero-order valence-electron chi connectivity index (χ0n) is 15.7. The average molecular weight is 399 g/mol. The summed E-state index contributed by atoms with van der Waals surface area (Å²) in [4.78, 5) is 25.4.